The van der Waals surface area contributed by atoms with Gasteiger partial charge >= 0.3 is 0 Å². The third-order valence-electron chi connectivity index (χ3n) is 4.17. The Bertz CT molecular complexity index is 404. The molecule has 1 saturated carbocycles. The maximum atomic E-state index is 5.99. The van der Waals surface area contributed by atoms with E-state index in [-0.39, 0.29) is 0 Å². The van der Waals surface area contributed by atoms with Gasteiger partial charge in [0, 0.05) is 31.1 Å². The van der Waals surface area contributed by atoms with Gasteiger partial charge in [-0.25, -0.2) is 0 Å². The molecule has 2 heterocycles. The third kappa shape index (κ3) is 2.62. The van der Waals surface area contributed by atoms with Crippen molar-refractivity contribution in [2.24, 2.45) is 5.92 Å². The van der Waals surface area contributed by atoms with Crippen molar-refractivity contribution in [2.75, 3.05) is 13.1 Å². The molecule has 3 heteroatoms. The quantitative estimate of drug-likeness (QED) is 0.891. The van der Waals surface area contributed by atoms with Crippen LogP contribution in [0.25, 0.3) is 0 Å². The fourth-order valence-corrected chi connectivity index (χ4v) is 3.19. The number of hydrogen-bond acceptors (Lipinski definition) is 3. The first kappa shape index (κ1) is 12.2. The van der Waals surface area contributed by atoms with Crippen molar-refractivity contribution >= 4 is 0 Å². The summed E-state index contributed by atoms with van der Waals surface area (Å²) >= 11 is 0. The van der Waals surface area contributed by atoms with Gasteiger partial charge in [-0.3, -0.25) is 4.90 Å². The predicted octanol–water partition coefficient (Wildman–Crippen LogP) is 2.59. The van der Waals surface area contributed by atoms with Crippen molar-refractivity contribution < 1.29 is 4.42 Å². The Balaban J connectivity index is 1.60. The molecule has 2 aliphatic rings. The highest BCUT2D eigenvalue weighted by molar-refractivity contribution is 5.17. The SMILES string of the molecule is CC1CN(Cc2ccc(C3CC3C)o2)CC(C)N1. The smallest absolute Gasteiger partial charge is 0.118 e. The first-order valence-electron chi connectivity index (χ1n) is 7.19. The van der Waals surface area contributed by atoms with E-state index in [9.17, 15) is 0 Å². The maximum Gasteiger partial charge on any atom is 0.118 e. The molecule has 1 aliphatic heterocycles. The molecular weight excluding hydrogens is 224 g/mol. The van der Waals surface area contributed by atoms with Crippen LogP contribution in [-0.2, 0) is 6.54 Å². The predicted molar refractivity (Wildman–Crippen MR) is 72.6 cm³/mol. The van der Waals surface area contributed by atoms with Crippen LogP contribution in [0.3, 0.4) is 0 Å². The third-order valence-corrected chi connectivity index (χ3v) is 4.17. The van der Waals surface area contributed by atoms with Crippen LogP contribution in [0.4, 0.5) is 0 Å². The van der Waals surface area contributed by atoms with Gasteiger partial charge in [0.15, 0.2) is 0 Å². The average molecular weight is 248 g/mol. The van der Waals surface area contributed by atoms with E-state index in [1.807, 2.05) is 0 Å². The summed E-state index contributed by atoms with van der Waals surface area (Å²) in [6.45, 7) is 9.98. The zero-order valence-corrected chi connectivity index (χ0v) is 11.6. The van der Waals surface area contributed by atoms with Crippen LogP contribution in [0.15, 0.2) is 16.5 Å². The molecule has 1 saturated heterocycles. The van der Waals surface area contributed by atoms with Crippen molar-refractivity contribution in [3.63, 3.8) is 0 Å². The molecule has 0 spiro atoms. The first-order chi connectivity index (χ1) is 8.61. The van der Waals surface area contributed by atoms with E-state index in [4.69, 9.17) is 4.42 Å². The van der Waals surface area contributed by atoms with Crippen LogP contribution in [0.2, 0.25) is 0 Å². The fraction of sp³-hybridized carbons (Fsp3) is 0.733. The van der Waals surface area contributed by atoms with Gasteiger partial charge in [-0.2, -0.15) is 0 Å². The highest BCUT2D eigenvalue weighted by Crippen LogP contribution is 2.47. The van der Waals surface area contributed by atoms with Gasteiger partial charge in [0.05, 0.1) is 6.54 Å². The first-order valence-corrected chi connectivity index (χ1v) is 7.19. The Morgan fingerprint density at radius 1 is 1.22 bits per heavy atom. The number of nitrogens with zero attached hydrogens (tertiary/aromatic N) is 1. The summed E-state index contributed by atoms with van der Waals surface area (Å²) in [5.74, 6) is 3.85. The minimum absolute atomic E-state index is 0.576. The Morgan fingerprint density at radius 3 is 2.50 bits per heavy atom. The molecule has 4 atom stereocenters. The number of nitrogens with one attached hydrogen (secondary N) is 1. The van der Waals surface area contributed by atoms with Crippen molar-refractivity contribution in [2.45, 2.75) is 51.7 Å². The van der Waals surface area contributed by atoms with Gasteiger partial charge in [0.2, 0.25) is 0 Å². The van der Waals surface area contributed by atoms with E-state index >= 15 is 0 Å². The zero-order chi connectivity index (χ0) is 12.7. The van der Waals surface area contributed by atoms with Crippen molar-refractivity contribution in [3.8, 4) is 0 Å². The Kier molecular flexibility index (Phi) is 3.20. The van der Waals surface area contributed by atoms with Gasteiger partial charge in [0.25, 0.3) is 0 Å². The van der Waals surface area contributed by atoms with Gasteiger partial charge in [-0.1, -0.05) is 6.92 Å². The van der Waals surface area contributed by atoms with E-state index in [2.05, 4.69) is 43.1 Å². The lowest BCUT2D eigenvalue weighted by atomic mass is 10.1. The number of furan rings is 1. The van der Waals surface area contributed by atoms with E-state index in [0.29, 0.717) is 18.0 Å². The number of rotatable bonds is 3. The maximum absolute atomic E-state index is 5.99. The second-order valence-electron chi connectivity index (χ2n) is 6.29. The molecule has 18 heavy (non-hydrogen) atoms. The summed E-state index contributed by atoms with van der Waals surface area (Å²) in [6.07, 6.45) is 1.30. The molecule has 2 fully saturated rings. The molecule has 3 rings (SSSR count). The van der Waals surface area contributed by atoms with Crippen molar-refractivity contribution in [1.29, 1.82) is 0 Å². The molecular formula is C15H24N2O. The summed E-state index contributed by atoms with van der Waals surface area (Å²) in [5.41, 5.74) is 0. The van der Waals surface area contributed by atoms with Crippen LogP contribution in [0.1, 0.15) is 44.6 Å². The minimum atomic E-state index is 0.576. The van der Waals surface area contributed by atoms with E-state index in [1.165, 1.54) is 12.2 Å². The van der Waals surface area contributed by atoms with E-state index < -0.39 is 0 Å². The topological polar surface area (TPSA) is 28.4 Å². The molecule has 4 unspecified atom stereocenters. The van der Waals surface area contributed by atoms with Crippen LogP contribution >= 0.6 is 0 Å². The Hall–Kier alpha value is -0.800. The lowest BCUT2D eigenvalue weighted by molar-refractivity contribution is 0.155. The zero-order valence-electron chi connectivity index (χ0n) is 11.6. The Morgan fingerprint density at radius 2 is 1.89 bits per heavy atom. The molecule has 1 aromatic heterocycles. The normalized spacial score (nSPS) is 36.8. The highest BCUT2D eigenvalue weighted by Gasteiger charge is 2.36. The second kappa shape index (κ2) is 4.71. The van der Waals surface area contributed by atoms with Crippen LogP contribution in [0.5, 0.6) is 0 Å². The van der Waals surface area contributed by atoms with Crippen LogP contribution in [-0.4, -0.2) is 30.1 Å². The molecule has 0 radical (unpaired) electrons. The van der Waals surface area contributed by atoms with E-state index in [0.717, 1.165) is 31.3 Å². The monoisotopic (exact) mass is 248 g/mol. The van der Waals surface area contributed by atoms with Crippen molar-refractivity contribution in [1.82, 2.24) is 10.2 Å². The van der Waals surface area contributed by atoms with Crippen LogP contribution < -0.4 is 5.32 Å². The van der Waals surface area contributed by atoms with E-state index in [1.54, 1.807) is 0 Å². The van der Waals surface area contributed by atoms with Gasteiger partial charge < -0.3 is 9.73 Å². The van der Waals surface area contributed by atoms with Crippen molar-refractivity contribution in [3.05, 3.63) is 23.7 Å². The summed E-state index contributed by atoms with van der Waals surface area (Å²) in [5, 5.41) is 3.56. The molecule has 0 bridgehead atoms. The highest BCUT2D eigenvalue weighted by atomic mass is 16.3. The molecule has 1 aromatic rings. The fourth-order valence-electron chi connectivity index (χ4n) is 3.19. The molecule has 0 amide bonds. The Labute approximate surface area is 110 Å². The lowest BCUT2D eigenvalue weighted by Gasteiger charge is -2.35. The number of hydrogen-bond donors (Lipinski definition) is 1. The minimum Gasteiger partial charge on any atom is -0.464 e. The molecule has 0 aromatic carbocycles. The number of piperazine rings is 1. The second-order valence-corrected chi connectivity index (χ2v) is 6.29. The van der Waals surface area contributed by atoms with Gasteiger partial charge in [-0.05, 0) is 38.3 Å². The van der Waals surface area contributed by atoms with Gasteiger partial charge in [0.1, 0.15) is 11.5 Å². The molecule has 1 aliphatic carbocycles. The average Bonchev–Trinajstić information content (AvgIpc) is 2.84. The molecule has 100 valence electrons. The lowest BCUT2D eigenvalue weighted by Crippen LogP contribution is -2.53. The summed E-state index contributed by atoms with van der Waals surface area (Å²) in [7, 11) is 0. The largest absolute Gasteiger partial charge is 0.464 e. The molecule has 1 N–H and O–H groups in total. The molecule has 3 nitrogen and oxygen atoms in total. The standard InChI is InChI=1S/C15H24N2O/c1-10-6-14(10)15-5-4-13(18-15)9-17-7-11(2)16-12(3)8-17/h4-5,10-12,14,16H,6-9H2,1-3H3. The summed E-state index contributed by atoms with van der Waals surface area (Å²) in [4.78, 5) is 2.49. The summed E-state index contributed by atoms with van der Waals surface area (Å²) < 4.78 is 5.99. The van der Waals surface area contributed by atoms with Crippen LogP contribution in [0, 0.1) is 5.92 Å². The summed E-state index contributed by atoms with van der Waals surface area (Å²) in [6, 6.07) is 5.49. The van der Waals surface area contributed by atoms with Gasteiger partial charge in [-0.15, -0.1) is 0 Å².